The van der Waals surface area contributed by atoms with Crippen LogP contribution in [0.5, 0.6) is 0 Å². The molecule has 0 saturated carbocycles. The molecule has 17 heavy (non-hydrogen) atoms. The van der Waals surface area contributed by atoms with E-state index in [-0.39, 0.29) is 11.8 Å². The Labute approximate surface area is 99.6 Å². The zero-order chi connectivity index (χ0) is 12.4. The van der Waals surface area contributed by atoms with Crippen molar-refractivity contribution in [1.29, 1.82) is 0 Å². The van der Waals surface area contributed by atoms with Crippen molar-refractivity contribution in [2.45, 2.75) is 19.3 Å². The van der Waals surface area contributed by atoms with Crippen LogP contribution in [0, 0.1) is 12.8 Å². The Morgan fingerprint density at radius 3 is 2.88 bits per heavy atom. The first-order chi connectivity index (χ1) is 8.08. The normalized spacial score (nSPS) is 24.2. The maximum atomic E-state index is 11.4. The number of aryl methyl sites for hydroxylation is 1. The number of rotatable bonds is 2. The number of aliphatic carboxylic acids is 1. The van der Waals surface area contributed by atoms with Crippen LogP contribution in [0.3, 0.4) is 0 Å². The largest absolute Gasteiger partial charge is 0.481 e. The summed E-state index contributed by atoms with van der Waals surface area (Å²) in [6, 6.07) is 7.98. The quantitative estimate of drug-likeness (QED) is 0.757. The summed E-state index contributed by atoms with van der Waals surface area (Å²) in [4.78, 5) is 22.3. The SMILES string of the molecule is Cc1cccc([C@@H]2CNC(=O)[C@H](C(=O)O)C2)c1. The van der Waals surface area contributed by atoms with E-state index in [1.165, 1.54) is 0 Å². The number of benzene rings is 1. The zero-order valence-electron chi connectivity index (χ0n) is 9.64. The van der Waals surface area contributed by atoms with E-state index in [2.05, 4.69) is 5.32 Å². The van der Waals surface area contributed by atoms with E-state index in [4.69, 9.17) is 5.11 Å². The van der Waals surface area contributed by atoms with Crippen molar-refractivity contribution in [3.63, 3.8) is 0 Å². The lowest BCUT2D eigenvalue weighted by Gasteiger charge is -2.27. The molecule has 1 fully saturated rings. The fourth-order valence-electron chi connectivity index (χ4n) is 2.21. The van der Waals surface area contributed by atoms with Crippen molar-refractivity contribution < 1.29 is 14.7 Å². The number of carbonyl (C=O) groups excluding carboxylic acids is 1. The van der Waals surface area contributed by atoms with Crippen LogP contribution in [0.1, 0.15) is 23.5 Å². The van der Waals surface area contributed by atoms with Gasteiger partial charge >= 0.3 is 5.97 Å². The smallest absolute Gasteiger partial charge is 0.316 e. The van der Waals surface area contributed by atoms with Crippen molar-refractivity contribution in [3.8, 4) is 0 Å². The Morgan fingerprint density at radius 2 is 2.24 bits per heavy atom. The van der Waals surface area contributed by atoms with Crippen LogP contribution in [0.4, 0.5) is 0 Å². The lowest BCUT2D eigenvalue weighted by molar-refractivity contribution is -0.148. The van der Waals surface area contributed by atoms with E-state index in [0.29, 0.717) is 13.0 Å². The molecule has 4 heteroatoms. The number of piperidine rings is 1. The summed E-state index contributed by atoms with van der Waals surface area (Å²) in [6.07, 6.45) is 0.380. The van der Waals surface area contributed by atoms with Crippen LogP contribution in [0.15, 0.2) is 24.3 Å². The molecule has 1 heterocycles. The van der Waals surface area contributed by atoms with Crippen LogP contribution in [0.25, 0.3) is 0 Å². The van der Waals surface area contributed by atoms with Gasteiger partial charge in [0.2, 0.25) is 5.91 Å². The summed E-state index contributed by atoms with van der Waals surface area (Å²) >= 11 is 0. The highest BCUT2D eigenvalue weighted by Gasteiger charge is 2.34. The molecule has 2 atom stereocenters. The van der Waals surface area contributed by atoms with Gasteiger partial charge in [-0.15, -0.1) is 0 Å². The molecule has 0 unspecified atom stereocenters. The van der Waals surface area contributed by atoms with Crippen LogP contribution in [-0.2, 0) is 9.59 Å². The lowest BCUT2D eigenvalue weighted by atomic mass is 9.85. The maximum absolute atomic E-state index is 11.4. The number of nitrogens with one attached hydrogen (secondary N) is 1. The second-order valence-corrected chi connectivity index (χ2v) is 4.48. The molecule has 0 aromatic heterocycles. The first-order valence-electron chi connectivity index (χ1n) is 5.65. The van der Waals surface area contributed by atoms with Gasteiger partial charge in [-0.25, -0.2) is 0 Å². The molecule has 4 nitrogen and oxygen atoms in total. The topological polar surface area (TPSA) is 66.4 Å². The van der Waals surface area contributed by atoms with Gasteiger partial charge in [0, 0.05) is 12.5 Å². The molecule has 1 aromatic carbocycles. The minimum atomic E-state index is -1.04. The first kappa shape index (κ1) is 11.6. The molecule has 1 aromatic rings. The van der Waals surface area contributed by atoms with Crippen molar-refractivity contribution in [3.05, 3.63) is 35.4 Å². The Bertz CT molecular complexity index is 456. The molecule has 0 spiro atoms. The molecule has 90 valence electrons. The predicted molar refractivity (Wildman–Crippen MR) is 62.7 cm³/mol. The van der Waals surface area contributed by atoms with Gasteiger partial charge in [-0.3, -0.25) is 9.59 Å². The van der Waals surface area contributed by atoms with Crippen molar-refractivity contribution >= 4 is 11.9 Å². The Morgan fingerprint density at radius 1 is 1.47 bits per heavy atom. The third kappa shape index (κ3) is 2.46. The van der Waals surface area contributed by atoms with Crippen molar-refractivity contribution in [2.24, 2.45) is 5.92 Å². The van der Waals surface area contributed by atoms with E-state index in [1.54, 1.807) is 0 Å². The molecule has 0 aliphatic carbocycles. The highest BCUT2D eigenvalue weighted by atomic mass is 16.4. The van der Waals surface area contributed by atoms with E-state index < -0.39 is 11.9 Å². The second kappa shape index (κ2) is 4.57. The number of amides is 1. The summed E-state index contributed by atoms with van der Waals surface area (Å²) < 4.78 is 0. The molecule has 0 bridgehead atoms. The Balaban J connectivity index is 2.18. The number of carbonyl (C=O) groups is 2. The second-order valence-electron chi connectivity index (χ2n) is 4.48. The highest BCUT2D eigenvalue weighted by Crippen LogP contribution is 2.27. The van der Waals surface area contributed by atoms with Gasteiger partial charge in [0.25, 0.3) is 0 Å². The molecule has 1 amide bonds. The minimum Gasteiger partial charge on any atom is -0.481 e. The van der Waals surface area contributed by atoms with Crippen LogP contribution < -0.4 is 5.32 Å². The van der Waals surface area contributed by atoms with E-state index in [0.717, 1.165) is 11.1 Å². The molecular weight excluding hydrogens is 218 g/mol. The fourth-order valence-corrected chi connectivity index (χ4v) is 2.21. The van der Waals surface area contributed by atoms with E-state index >= 15 is 0 Å². The van der Waals surface area contributed by atoms with Crippen LogP contribution >= 0.6 is 0 Å². The molecule has 0 radical (unpaired) electrons. The highest BCUT2D eigenvalue weighted by molar-refractivity contribution is 5.97. The summed E-state index contributed by atoms with van der Waals surface area (Å²) in [5.74, 6) is -2.25. The van der Waals surface area contributed by atoms with Gasteiger partial charge < -0.3 is 10.4 Å². The number of hydrogen-bond donors (Lipinski definition) is 2. The number of hydrogen-bond acceptors (Lipinski definition) is 2. The number of carboxylic acids is 1. The molecule has 1 saturated heterocycles. The average molecular weight is 233 g/mol. The van der Waals surface area contributed by atoms with Crippen LogP contribution in [-0.4, -0.2) is 23.5 Å². The maximum Gasteiger partial charge on any atom is 0.316 e. The van der Waals surface area contributed by atoms with Gasteiger partial charge in [-0.05, 0) is 18.9 Å². The summed E-state index contributed by atoms with van der Waals surface area (Å²) in [7, 11) is 0. The van der Waals surface area contributed by atoms with Gasteiger partial charge in [0.15, 0.2) is 0 Å². The first-order valence-corrected chi connectivity index (χ1v) is 5.65. The lowest BCUT2D eigenvalue weighted by Crippen LogP contribution is -2.43. The van der Waals surface area contributed by atoms with E-state index in [9.17, 15) is 9.59 Å². The third-order valence-corrected chi connectivity index (χ3v) is 3.17. The van der Waals surface area contributed by atoms with Gasteiger partial charge in [0.1, 0.15) is 5.92 Å². The summed E-state index contributed by atoms with van der Waals surface area (Å²) in [6.45, 7) is 2.52. The molecule has 1 aliphatic rings. The van der Waals surface area contributed by atoms with Crippen LogP contribution in [0.2, 0.25) is 0 Å². The molecular formula is C13H15NO3. The zero-order valence-corrected chi connectivity index (χ0v) is 9.64. The Kier molecular flexibility index (Phi) is 3.13. The van der Waals surface area contributed by atoms with Gasteiger partial charge in [0.05, 0.1) is 0 Å². The van der Waals surface area contributed by atoms with Crippen molar-refractivity contribution in [2.75, 3.05) is 6.54 Å². The van der Waals surface area contributed by atoms with Gasteiger partial charge in [-0.1, -0.05) is 29.8 Å². The standard InChI is InChI=1S/C13H15NO3/c1-8-3-2-4-9(5-8)10-6-11(13(16)17)12(15)14-7-10/h2-5,10-11H,6-7H2,1H3,(H,14,15)(H,16,17)/t10-,11+/m0/s1. The number of carboxylic acid groups (broad SMARTS) is 1. The van der Waals surface area contributed by atoms with E-state index in [1.807, 2.05) is 31.2 Å². The minimum absolute atomic E-state index is 0.0914. The molecule has 2 rings (SSSR count). The van der Waals surface area contributed by atoms with Gasteiger partial charge in [-0.2, -0.15) is 0 Å². The average Bonchev–Trinajstić information content (AvgIpc) is 2.29. The predicted octanol–water partition coefficient (Wildman–Crippen LogP) is 1.30. The third-order valence-electron chi connectivity index (χ3n) is 3.17. The molecule has 1 aliphatic heterocycles. The fraction of sp³-hybridized carbons (Fsp3) is 0.385. The Hall–Kier alpha value is -1.84. The molecule has 2 N–H and O–H groups in total. The van der Waals surface area contributed by atoms with Crippen molar-refractivity contribution in [1.82, 2.24) is 5.32 Å². The monoisotopic (exact) mass is 233 g/mol. The summed E-state index contributed by atoms with van der Waals surface area (Å²) in [5, 5.41) is 11.6. The summed E-state index contributed by atoms with van der Waals surface area (Å²) in [5.41, 5.74) is 2.24.